The molecule has 3 nitrogen and oxygen atoms in total. The molecule has 0 aliphatic rings. The van der Waals surface area contributed by atoms with Crippen LogP contribution < -0.4 is 10.1 Å². The summed E-state index contributed by atoms with van der Waals surface area (Å²) in [6, 6.07) is 11.7. The molecule has 0 fully saturated rings. The Morgan fingerprint density at radius 2 is 2.00 bits per heavy atom. The van der Waals surface area contributed by atoms with Gasteiger partial charge in [-0.1, -0.05) is 18.2 Å². The summed E-state index contributed by atoms with van der Waals surface area (Å²) in [7, 11) is 1.59. The highest BCUT2D eigenvalue weighted by Gasteiger charge is 2.15. The van der Waals surface area contributed by atoms with E-state index in [1.807, 2.05) is 31.2 Å². The second-order valence-electron chi connectivity index (χ2n) is 4.58. The number of anilines is 1. The van der Waals surface area contributed by atoms with Gasteiger partial charge in [-0.15, -0.1) is 0 Å². The smallest absolute Gasteiger partial charge is 0.141 e. The zero-order valence-electron chi connectivity index (χ0n) is 11.6. The lowest BCUT2D eigenvalue weighted by Crippen LogP contribution is -2.16. The van der Waals surface area contributed by atoms with E-state index >= 15 is 0 Å². The van der Waals surface area contributed by atoms with Crippen LogP contribution in [0.3, 0.4) is 0 Å². The third-order valence-corrected chi connectivity index (χ3v) is 3.23. The Morgan fingerprint density at radius 3 is 2.65 bits per heavy atom. The molecule has 20 heavy (non-hydrogen) atoms. The maximum Gasteiger partial charge on any atom is 0.141 e. The number of nitrogens with one attached hydrogen (secondary N) is 1. The lowest BCUT2D eigenvalue weighted by atomic mass is 10.0. The van der Waals surface area contributed by atoms with Crippen LogP contribution >= 0.6 is 0 Å². The van der Waals surface area contributed by atoms with Gasteiger partial charge in [-0.25, -0.2) is 4.39 Å². The lowest BCUT2D eigenvalue weighted by molar-refractivity contribution is 0.275. The average Bonchev–Trinajstić information content (AvgIpc) is 2.46. The highest BCUT2D eigenvalue weighted by atomic mass is 19.1. The van der Waals surface area contributed by atoms with E-state index in [2.05, 4.69) is 5.32 Å². The maximum atomic E-state index is 13.2. The van der Waals surface area contributed by atoms with Crippen LogP contribution in [-0.2, 0) is 0 Å². The first kappa shape index (κ1) is 14.3. The summed E-state index contributed by atoms with van der Waals surface area (Å²) in [5.74, 6) is 0.422. The van der Waals surface area contributed by atoms with Crippen LogP contribution in [0.25, 0.3) is 0 Å². The molecule has 2 aromatic rings. The minimum absolute atomic E-state index is 0.0927. The van der Waals surface area contributed by atoms with Gasteiger partial charge in [0.15, 0.2) is 0 Å². The third kappa shape index (κ3) is 3.08. The largest absolute Gasteiger partial charge is 0.495 e. The van der Waals surface area contributed by atoms with Crippen molar-refractivity contribution in [2.75, 3.05) is 19.0 Å². The van der Waals surface area contributed by atoms with Crippen LogP contribution in [0.15, 0.2) is 42.5 Å². The third-order valence-electron chi connectivity index (χ3n) is 3.23. The van der Waals surface area contributed by atoms with E-state index < -0.39 is 0 Å². The van der Waals surface area contributed by atoms with Gasteiger partial charge < -0.3 is 15.2 Å². The van der Waals surface area contributed by atoms with Crippen LogP contribution in [0.2, 0.25) is 0 Å². The molecule has 0 radical (unpaired) electrons. The van der Waals surface area contributed by atoms with Crippen molar-refractivity contribution in [1.29, 1.82) is 0 Å². The quantitative estimate of drug-likeness (QED) is 0.879. The number of aliphatic hydroxyl groups excluding tert-OH is 1. The van der Waals surface area contributed by atoms with Gasteiger partial charge in [-0.3, -0.25) is 0 Å². The van der Waals surface area contributed by atoms with Gasteiger partial charge in [-0.2, -0.15) is 0 Å². The summed E-state index contributed by atoms with van der Waals surface area (Å²) >= 11 is 0. The number of aliphatic hydroxyl groups is 1. The highest BCUT2D eigenvalue weighted by molar-refractivity contribution is 5.57. The van der Waals surface area contributed by atoms with Gasteiger partial charge in [0.2, 0.25) is 0 Å². The molecular weight excluding hydrogens is 257 g/mol. The predicted octanol–water partition coefficient (Wildman–Crippen LogP) is 3.29. The van der Waals surface area contributed by atoms with Crippen LogP contribution in [0.4, 0.5) is 10.1 Å². The number of benzene rings is 2. The standard InChI is InChI=1S/C16H18FNO2/c1-11-9-12(17)7-8-13(11)15(10-19)18-14-5-3-4-6-16(14)20-2/h3-9,15,18-19H,10H2,1-2H3. The SMILES string of the molecule is COc1ccccc1NC(CO)c1ccc(F)cc1C. The van der Waals surface area contributed by atoms with Gasteiger partial charge in [0.25, 0.3) is 0 Å². The van der Waals surface area contributed by atoms with E-state index in [-0.39, 0.29) is 18.5 Å². The molecule has 2 rings (SSSR count). The van der Waals surface area contributed by atoms with Crippen molar-refractivity contribution in [2.45, 2.75) is 13.0 Å². The van der Waals surface area contributed by atoms with Gasteiger partial charge >= 0.3 is 0 Å². The Kier molecular flexibility index (Phi) is 4.58. The fourth-order valence-corrected chi connectivity index (χ4v) is 2.20. The number of para-hydroxylation sites is 2. The second kappa shape index (κ2) is 6.39. The summed E-state index contributed by atoms with van der Waals surface area (Å²) in [6.45, 7) is 1.73. The molecule has 0 aliphatic heterocycles. The van der Waals surface area contributed by atoms with Gasteiger partial charge in [-0.05, 0) is 42.3 Å². The highest BCUT2D eigenvalue weighted by Crippen LogP contribution is 2.29. The monoisotopic (exact) mass is 275 g/mol. The molecule has 0 amide bonds. The zero-order valence-corrected chi connectivity index (χ0v) is 11.6. The predicted molar refractivity (Wildman–Crippen MR) is 77.6 cm³/mol. The maximum absolute atomic E-state index is 13.2. The normalized spacial score (nSPS) is 12.0. The number of methoxy groups -OCH3 is 1. The molecule has 2 aromatic carbocycles. The first-order chi connectivity index (χ1) is 9.65. The van der Waals surface area contributed by atoms with Crippen LogP contribution in [0, 0.1) is 12.7 Å². The molecule has 0 spiro atoms. The fraction of sp³-hybridized carbons (Fsp3) is 0.250. The van der Waals surface area contributed by atoms with Crippen molar-refractivity contribution in [3.63, 3.8) is 0 Å². The number of ether oxygens (including phenoxy) is 1. The zero-order chi connectivity index (χ0) is 14.5. The van der Waals surface area contributed by atoms with Crippen LogP contribution in [-0.4, -0.2) is 18.8 Å². The van der Waals surface area contributed by atoms with Crippen molar-refractivity contribution in [1.82, 2.24) is 0 Å². The van der Waals surface area contributed by atoms with Gasteiger partial charge in [0, 0.05) is 0 Å². The molecule has 2 N–H and O–H groups in total. The molecular formula is C16H18FNO2. The summed E-state index contributed by atoms with van der Waals surface area (Å²) < 4.78 is 18.4. The summed E-state index contributed by atoms with van der Waals surface area (Å²) in [4.78, 5) is 0. The average molecular weight is 275 g/mol. The Bertz CT molecular complexity index is 586. The lowest BCUT2D eigenvalue weighted by Gasteiger charge is -2.21. The molecule has 1 atom stereocenters. The molecule has 0 aromatic heterocycles. The molecule has 0 aliphatic carbocycles. The summed E-state index contributed by atoms with van der Waals surface area (Å²) in [5, 5.41) is 12.8. The van der Waals surface area contributed by atoms with E-state index in [9.17, 15) is 9.50 Å². The number of halogens is 1. The Hall–Kier alpha value is -2.07. The summed E-state index contributed by atoms with van der Waals surface area (Å²) in [6.07, 6.45) is 0. The number of rotatable bonds is 5. The second-order valence-corrected chi connectivity index (χ2v) is 4.58. The van der Waals surface area contributed by atoms with Gasteiger partial charge in [0.1, 0.15) is 11.6 Å². The minimum atomic E-state index is -0.313. The van der Waals surface area contributed by atoms with E-state index in [4.69, 9.17) is 4.74 Å². The van der Waals surface area contributed by atoms with Crippen molar-refractivity contribution < 1.29 is 14.2 Å². The molecule has 0 saturated heterocycles. The van der Waals surface area contributed by atoms with Crippen LogP contribution in [0.1, 0.15) is 17.2 Å². The van der Waals surface area contributed by atoms with Crippen molar-refractivity contribution >= 4 is 5.69 Å². The van der Waals surface area contributed by atoms with Crippen molar-refractivity contribution in [3.8, 4) is 5.75 Å². The topological polar surface area (TPSA) is 41.5 Å². The number of hydrogen-bond acceptors (Lipinski definition) is 3. The van der Waals surface area contributed by atoms with E-state index in [0.29, 0.717) is 5.75 Å². The Morgan fingerprint density at radius 1 is 1.25 bits per heavy atom. The van der Waals surface area contributed by atoms with Gasteiger partial charge in [0.05, 0.1) is 25.4 Å². The molecule has 106 valence electrons. The van der Waals surface area contributed by atoms with Crippen LogP contribution in [0.5, 0.6) is 5.75 Å². The number of aryl methyl sites for hydroxylation is 1. The van der Waals surface area contributed by atoms with Crippen molar-refractivity contribution in [3.05, 3.63) is 59.4 Å². The molecule has 1 unspecified atom stereocenters. The first-order valence-corrected chi connectivity index (χ1v) is 6.42. The fourth-order valence-electron chi connectivity index (χ4n) is 2.20. The molecule has 0 saturated carbocycles. The van der Waals surface area contributed by atoms with E-state index in [0.717, 1.165) is 16.8 Å². The van der Waals surface area contributed by atoms with Crippen molar-refractivity contribution in [2.24, 2.45) is 0 Å². The van der Waals surface area contributed by atoms with E-state index in [1.165, 1.54) is 12.1 Å². The number of hydrogen-bond donors (Lipinski definition) is 2. The molecule has 4 heteroatoms. The molecule has 0 heterocycles. The van der Waals surface area contributed by atoms with E-state index in [1.54, 1.807) is 13.2 Å². The Balaban J connectivity index is 2.29. The Labute approximate surface area is 118 Å². The minimum Gasteiger partial charge on any atom is -0.495 e. The molecule has 0 bridgehead atoms. The summed E-state index contributed by atoms with van der Waals surface area (Å²) in [5.41, 5.74) is 2.45. The first-order valence-electron chi connectivity index (χ1n) is 6.42.